The molecule has 1 aromatic carbocycles. The lowest BCUT2D eigenvalue weighted by Gasteiger charge is -2.38. The van der Waals surface area contributed by atoms with E-state index in [-0.39, 0.29) is 23.3 Å². The average Bonchev–Trinajstić information content (AvgIpc) is 2.67. The Hall–Kier alpha value is -2.00. The quantitative estimate of drug-likeness (QED) is 0.755. The van der Waals surface area contributed by atoms with Crippen LogP contribution in [0.15, 0.2) is 24.3 Å². The highest BCUT2D eigenvalue weighted by Gasteiger charge is 2.33. The van der Waals surface area contributed by atoms with E-state index >= 15 is 0 Å². The summed E-state index contributed by atoms with van der Waals surface area (Å²) < 4.78 is 38.3. The van der Waals surface area contributed by atoms with Crippen LogP contribution in [0.1, 0.15) is 23.2 Å². The predicted octanol–water partition coefficient (Wildman–Crippen LogP) is 0.782. The number of hydrogen-bond donors (Lipinski definition) is 0. The molecule has 0 aromatic heterocycles. The van der Waals surface area contributed by atoms with Crippen LogP contribution in [0.25, 0.3) is 0 Å². The molecule has 2 aliphatic heterocycles. The van der Waals surface area contributed by atoms with Crippen molar-refractivity contribution in [2.45, 2.75) is 12.8 Å². The van der Waals surface area contributed by atoms with Crippen LogP contribution < -0.4 is 0 Å². The molecular formula is C18H24FN3O4S. The van der Waals surface area contributed by atoms with E-state index in [4.69, 9.17) is 0 Å². The molecule has 0 atom stereocenters. The topological polar surface area (TPSA) is 78.0 Å². The number of piperazine rings is 1. The van der Waals surface area contributed by atoms with Gasteiger partial charge in [0.1, 0.15) is 5.82 Å². The molecule has 0 bridgehead atoms. The minimum Gasteiger partial charge on any atom is -0.339 e. The fourth-order valence-corrected chi connectivity index (χ4v) is 4.50. The van der Waals surface area contributed by atoms with Crippen molar-refractivity contribution in [1.29, 1.82) is 0 Å². The molecule has 0 radical (unpaired) electrons. The maximum atomic E-state index is 13.8. The highest BCUT2D eigenvalue weighted by atomic mass is 32.2. The van der Waals surface area contributed by atoms with Gasteiger partial charge in [0.2, 0.25) is 15.9 Å². The molecule has 27 heavy (non-hydrogen) atoms. The summed E-state index contributed by atoms with van der Waals surface area (Å²) >= 11 is 0. The fraction of sp³-hybridized carbons (Fsp3) is 0.556. The standard InChI is InChI=1S/C18H24FN3O4S/c1-27(25,26)22-8-6-14(7-9-22)17(23)20-10-12-21(13-11-20)18(24)15-4-2-3-5-16(15)19/h2-5,14H,6-13H2,1H3. The Balaban J connectivity index is 1.53. The van der Waals surface area contributed by atoms with Crippen LogP contribution in [0.4, 0.5) is 4.39 Å². The first-order valence-corrected chi connectivity index (χ1v) is 10.9. The number of carbonyl (C=O) groups excluding carboxylic acids is 2. The van der Waals surface area contributed by atoms with Gasteiger partial charge in [0.05, 0.1) is 11.8 Å². The van der Waals surface area contributed by atoms with Crippen molar-refractivity contribution in [1.82, 2.24) is 14.1 Å². The Morgan fingerprint density at radius 1 is 0.963 bits per heavy atom. The third-order valence-corrected chi connectivity index (χ3v) is 6.56. The maximum Gasteiger partial charge on any atom is 0.256 e. The first-order chi connectivity index (χ1) is 12.8. The second-order valence-corrected chi connectivity index (χ2v) is 9.02. The van der Waals surface area contributed by atoms with Gasteiger partial charge in [-0.15, -0.1) is 0 Å². The minimum absolute atomic E-state index is 0.0149. The Kier molecular flexibility index (Phi) is 5.81. The molecule has 2 saturated heterocycles. The first kappa shape index (κ1) is 19.8. The number of halogens is 1. The zero-order chi connectivity index (χ0) is 19.6. The summed E-state index contributed by atoms with van der Waals surface area (Å²) in [6, 6.07) is 5.89. The van der Waals surface area contributed by atoms with Crippen molar-refractivity contribution in [3.05, 3.63) is 35.6 Å². The van der Waals surface area contributed by atoms with E-state index in [1.54, 1.807) is 15.9 Å². The van der Waals surface area contributed by atoms with Gasteiger partial charge >= 0.3 is 0 Å². The number of nitrogens with zero attached hydrogens (tertiary/aromatic N) is 3. The summed E-state index contributed by atoms with van der Waals surface area (Å²) in [6.07, 6.45) is 2.21. The molecule has 2 amide bonds. The van der Waals surface area contributed by atoms with Crippen LogP contribution >= 0.6 is 0 Å². The van der Waals surface area contributed by atoms with Crippen LogP contribution in [0.2, 0.25) is 0 Å². The molecule has 0 aliphatic carbocycles. The summed E-state index contributed by atoms with van der Waals surface area (Å²) in [7, 11) is -3.21. The molecule has 0 spiro atoms. The zero-order valence-electron chi connectivity index (χ0n) is 15.3. The Morgan fingerprint density at radius 2 is 1.52 bits per heavy atom. The average molecular weight is 397 g/mol. The number of benzene rings is 1. The van der Waals surface area contributed by atoms with E-state index < -0.39 is 15.8 Å². The van der Waals surface area contributed by atoms with Crippen molar-refractivity contribution in [3.63, 3.8) is 0 Å². The largest absolute Gasteiger partial charge is 0.339 e. The zero-order valence-corrected chi connectivity index (χ0v) is 16.1. The van der Waals surface area contributed by atoms with Crippen molar-refractivity contribution >= 4 is 21.8 Å². The molecule has 0 unspecified atom stereocenters. The molecule has 2 fully saturated rings. The highest BCUT2D eigenvalue weighted by Crippen LogP contribution is 2.22. The van der Waals surface area contributed by atoms with Crippen molar-refractivity contribution in [2.75, 3.05) is 45.5 Å². The van der Waals surface area contributed by atoms with E-state index in [0.717, 1.165) is 0 Å². The van der Waals surface area contributed by atoms with Crippen LogP contribution in [-0.4, -0.2) is 79.9 Å². The molecule has 9 heteroatoms. The monoisotopic (exact) mass is 397 g/mol. The maximum absolute atomic E-state index is 13.8. The summed E-state index contributed by atoms with van der Waals surface area (Å²) in [5, 5.41) is 0. The van der Waals surface area contributed by atoms with E-state index in [9.17, 15) is 22.4 Å². The van der Waals surface area contributed by atoms with Gasteiger partial charge in [-0.05, 0) is 25.0 Å². The normalized spacial score (nSPS) is 19.9. The van der Waals surface area contributed by atoms with E-state index in [2.05, 4.69) is 0 Å². The number of hydrogen-bond acceptors (Lipinski definition) is 4. The SMILES string of the molecule is CS(=O)(=O)N1CCC(C(=O)N2CCN(C(=O)c3ccccc3F)CC2)CC1. The third kappa shape index (κ3) is 4.47. The Morgan fingerprint density at radius 3 is 2.07 bits per heavy atom. The molecule has 3 rings (SSSR count). The summed E-state index contributed by atoms with van der Waals surface area (Å²) in [5.41, 5.74) is 0.0467. The Bertz CT molecular complexity index is 814. The van der Waals surface area contributed by atoms with Gasteiger partial charge in [-0.1, -0.05) is 12.1 Å². The van der Waals surface area contributed by atoms with E-state index in [1.165, 1.54) is 28.8 Å². The molecular weight excluding hydrogens is 373 g/mol. The van der Waals surface area contributed by atoms with Gasteiger partial charge < -0.3 is 9.80 Å². The van der Waals surface area contributed by atoms with Gasteiger partial charge in [-0.3, -0.25) is 9.59 Å². The van der Waals surface area contributed by atoms with Crippen LogP contribution in [0, 0.1) is 11.7 Å². The fourth-order valence-electron chi connectivity index (χ4n) is 3.63. The van der Waals surface area contributed by atoms with Crippen LogP contribution in [0.5, 0.6) is 0 Å². The number of rotatable bonds is 3. The van der Waals surface area contributed by atoms with E-state index in [1.807, 2.05) is 0 Å². The Labute approximate surface area is 158 Å². The number of sulfonamides is 1. The predicted molar refractivity (Wildman–Crippen MR) is 98.0 cm³/mol. The van der Waals surface area contributed by atoms with Gasteiger partial charge in [-0.25, -0.2) is 17.1 Å². The van der Waals surface area contributed by atoms with Gasteiger partial charge in [0.15, 0.2) is 0 Å². The van der Waals surface area contributed by atoms with Gasteiger partial charge in [0.25, 0.3) is 5.91 Å². The minimum atomic E-state index is -3.21. The molecule has 0 saturated carbocycles. The van der Waals surface area contributed by atoms with Crippen LogP contribution in [-0.2, 0) is 14.8 Å². The highest BCUT2D eigenvalue weighted by molar-refractivity contribution is 7.88. The lowest BCUT2D eigenvalue weighted by atomic mass is 9.96. The molecule has 1 aromatic rings. The second kappa shape index (κ2) is 7.93. The summed E-state index contributed by atoms with van der Waals surface area (Å²) in [4.78, 5) is 28.4. The van der Waals surface area contributed by atoms with Crippen molar-refractivity contribution in [3.8, 4) is 0 Å². The molecule has 0 N–H and O–H groups in total. The van der Waals surface area contributed by atoms with Crippen molar-refractivity contribution in [2.24, 2.45) is 5.92 Å². The smallest absolute Gasteiger partial charge is 0.256 e. The number of amides is 2. The molecule has 7 nitrogen and oxygen atoms in total. The summed E-state index contributed by atoms with van der Waals surface area (Å²) in [5.74, 6) is -1.07. The third-order valence-electron chi connectivity index (χ3n) is 5.26. The molecule has 148 valence electrons. The second-order valence-electron chi connectivity index (χ2n) is 7.03. The first-order valence-electron chi connectivity index (χ1n) is 9.05. The molecule has 2 heterocycles. The van der Waals surface area contributed by atoms with Crippen molar-refractivity contribution < 1.29 is 22.4 Å². The molecule has 2 aliphatic rings. The summed E-state index contributed by atoms with van der Waals surface area (Å²) in [6.45, 7) is 2.26. The van der Waals surface area contributed by atoms with E-state index in [0.29, 0.717) is 52.1 Å². The number of carbonyl (C=O) groups is 2. The number of piperidine rings is 1. The lowest BCUT2D eigenvalue weighted by Crippen LogP contribution is -2.53. The van der Waals surface area contributed by atoms with Crippen LogP contribution in [0.3, 0.4) is 0 Å². The lowest BCUT2D eigenvalue weighted by molar-refractivity contribution is -0.138. The van der Waals surface area contributed by atoms with Gasteiger partial charge in [-0.2, -0.15) is 0 Å². The van der Waals surface area contributed by atoms with Gasteiger partial charge in [0, 0.05) is 45.2 Å².